The number of aromatic nitrogens is 2. The highest BCUT2D eigenvalue weighted by Gasteiger charge is 2.34. The molecule has 1 aliphatic heterocycles. The SMILES string of the molecule is Cc1cc(-c2cc(F)nn2C)ccc1C(C)NC(=O)C1CCCN1C(=O)CC(C)C. The van der Waals surface area contributed by atoms with E-state index in [2.05, 4.69) is 10.4 Å². The number of hydrogen-bond acceptors (Lipinski definition) is 3. The van der Waals surface area contributed by atoms with E-state index in [0.717, 1.165) is 23.1 Å². The number of benzene rings is 1. The minimum absolute atomic E-state index is 0.0549. The van der Waals surface area contributed by atoms with Crippen LogP contribution in [-0.4, -0.2) is 39.1 Å². The number of nitrogens with one attached hydrogen (secondary N) is 1. The zero-order chi connectivity index (χ0) is 22.0. The lowest BCUT2D eigenvalue weighted by Gasteiger charge is -2.27. The van der Waals surface area contributed by atoms with E-state index in [4.69, 9.17) is 0 Å². The molecule has 30 heavy (non-hydrogen) atoms. The number of nitrogens with zero attached hydrogens (tertiary/aromatic N) is 3. The third kappa shape index (κ3) is 4.71. The van der Waals surface area contributed by atoms with Crippen LogP contribution in [0.3, 0.4) is 0 Å². The van der Waals surface area contributed by atoms with E-state index in [1.54, 1.807) is 11.9 Å². The summed E-state index contributed by atoms with van der Waals surface area (Å²) in [6.45, 7) is 8.59. The molecule has 7 heteroatoms. The van der Waals surface area contributed by atoms with Crippen molar-refractivity contribution in [2.75, 3.05) is 6.54 Å². The molecule has 162 valence electrons. The Kier molecular flexibility index (Phi) is 6.58. The van der Waals surface area contributed by atoms with Gasteiger partial charge in [-0.3, -0.25) is 14.3 Å². The van der Waals surface area contributed by atoms with Gasteiger partial charge in [-0.1, -0.05) is 26.0 Å². The largest absolute Gasteiger partial charge is 0.348 e. The Bertz CT molecular complexity index is 937. The first-order valence-corrected chi connectivity index (χ1v) is 10.6. The average Bonchev–Trinajstić information content (AvgIpc) is 3.27. The van der Waals surface area contributed by atoms with Crippen LogP contribution in [0.2, 0.25) is 0 Å². The second-order valence-electron chi connectivity index (χ2n) is 8.62. The highest BCUT2D eigenvalue weighted by atomic mass is 19.1. The number of carbonyl (C=O) groups excluding carboxylic acids is 2. The number of aryl methyl sites for hydroxylation is 2. The fourth-order valence-corrected chi connectivity index (χ4v) is 4.21. The molecule has 1 aromatic carbocycles. The number of carbonyl (C=O) groups is 2. The van der Waals surface area contributed by atoms with Gasteiger partial charge in [0.05, 0.1) is 11.7 Å². The van der Waals surface area contributed by atoms with Crippen molar-refractivity contribution in [2.45, 2.75) is 59.0 Å². The van der Waals surface area contributed by atoms with Crippen LogP contribution in [0.5, 0.6) is 0 Å². The molecular weight excluding hydrogens is 383 g/mol. The Hall–Kier alpha value is -2.70. The molecule has 2 aromatic rings. The lowest BCUT2D eigenvalue weighted by atomic mass is 9.98. The zero-order valence-electron chi connectivity index (χ0n) is 18.4. The van der Waals surface area contributed by atoms with Gasteiger partial charge in [-0.05, 0) is 49.8 Å². The fourth-order valence-electron chi connectivity index (χ4n) is 4.21. The summed E-state index contributed by atoms with van der Waals surface area (Å²) in [5, 5.41) is 6.84. The van der Waals surface area contributed by atoms with E-state index in [1.165, 1.54) is 10.7 Å². The molecule has 0 spiro atoms. The minimum atomic E-state index is -0.511. The van der Waals surface area contributed by atoms with Gasteiger partial charge in [0.2, 0.25) is 17.8 Å². The number of halogens is 1. The molecule has 1 N–H and O–H groups in total. The molecule has 0 aliphatic carbocycles. The lowest BCUT2D eigenvalue weighted by Crippen LogP contribution is -2.46. The maximum atomic E-state index is 13.4. The predicted molar refractivity (Wildman–Crippen MR) is 114 cm³/mol. The second-order valence-corrected chi connectivity index (χ2v) is 8.62. The summed E-state index contributed by atoms with van der Waals surface area (Å²) in [7, 11) is 1.71. The van der Waals surface area contributed by atoms with E-state index >= 15 is 0 Å². The summed E-state index contributed by atoms with van der Waals surface area (Å²) in [5.41, 5.74) is 3.56. The molecule has 2 amide bonds. The van der Waals surface area contributed by atoms with Gasteiger partial charge >= 0.3 is 0 Å². The van der Waals surface area contributed by atoms with E-state index in [1.807, 2.05) is 45.9 Å². The zero-order valence-corrected chi connectivity index (χ0v) is 18.4. The second kappa shape index (κ2) is 8.98. The normalized spacial score (nSPS) is 17.4. The standard InChI is InChI=1S/C23H31FN4O2/c1-14(2)11-22(29)28-10-6-7-19(28)23(30)25-16(4)18-9-8-17(12-15(18)3)20-13-21(24)26-27(20)5/h8-9,12-14,16,19H,6-7,10-11H2,1-5H3,(H,25,30). The number of rotatable bonds is 6. The van der Waals surface area contributed by atoms with Crippen molar-refractivity contribution in [1.29, 1.82) is 0 Å². The van der Waals surface area contributed by atoms with Crippen LogP contribution < -0.4 is 5.32 Å². The van der Waals surface area contributed by atoms with Crippen molar-refractivity contribution in [1.82, 2.24) is 20.0 Å². The Labute approximate surface area is 177 Å². The molecule has 1 saturated heterocycles. The molecule has 2 heterocycles. The molecular formula is C23H31FN4O2. The summed E-state index contributed by atoms with van der Waals surface area (Å²) in [6, 6.07) is 6.66. The third-order valence-electron chi connectivity index (χ3n) is 5.70. The van der Waals surface area contributed by atoms with Crippen LogP contribution in [0.4, 0.5) is 4.39 Å². The van der Waals surface area contributed by atoms with Gasteiger partial charge in [0.15, 0.2) is 0 Å². The summed E-state index contributed by atoms with van der Waals surface area (Å²) < 4.78 is 14.9. The van der Waals surface area contributed by atoms with E-state index < -0.39 is 12.0 Å². The van der Waals surface area contributed by atoms with Crippen molar-refractivity contribution in [3.05, 3.63) is 41.3 Å². The molecule has 1 aromatic heterocycles. The Morgan fingerprint density at radius 1 is 1.27 bits per heavy atom. The summed E-state index contributed by atoms with van der Waals surface area (Å²) in [4.78, 5) is 27.1. The third-order valence-corrected chi connectivity index (χ3v) is 5.70. The first kappa shape index (κ1) is 22.0. The van der Waals surface area contributed by atoms with Crippen LogP contribution in [0, 0.1) is 18.8 Å². The van der Waals surface area contributed by atoms with Crippen LogP contribution in [0.1, 0.15) is 57.2 Å². The molecule has 1 aliphatic rings. The summed E-state index contributed by atoms with van der Waals surface area (Å²) in [5.74, 6) is -0.286. The van der Waals surface area contributed by atoms with Crippen LogP contribution >= 0.6 is 0 Å². The molecule has 6 nitrogen and oxygen atoms in total. The molecule has 0 saturated carbocycles. The quantitative estimate of drug-likeness (QED) is 0.783. The summed E-state index contributed by atoms with van der Waals surface area (Å²) >= 11 is 0. The van der Waals surface area contributed by atoms with Gasteiger partial charge in [-0.25, -0.2) is 0 Å². The highest BCUT2D eigenvalue weighted by molar-refractivity contribution is 5.88. The van der Waals surface area contributed by atoms with Crippen LogP contribution in [-0.2, 0) is 16.6 Å². The first-order valence-electron chi connectivity index (χ1n) is 10.6. The molecule has 2 unspecified atom stereocenters. The van der Waals surface area contributed by atoms with Gasteiger partial charge in [-0.2, -0.15) is 4.39 Å². The molecule has 0 radical (unpaired) electrons. The van der Waals surface area contributed by atoms with Crippen molar-refractivity contribution >= 4 is 11.8 Å². The van der Waals surface area contributed by atoms with Crippen molar-refractivity contribution in [2.24, 2.45) is 13.0 Å². The Morgan fingerprint density at radius 2 is 2.00 bits per heavy atom. The maximum Gasteiger partial charge on any atom is 0.243 e. The van der Waals surface area contributed by atoms with Crippen molar-refractivity contribution < 1.29 is 14.0 Å². The number of hydrogen-bond donors (Lipinski definition) is 1. The maximum absolute atomic E-state index is 13.4. The fraction of sp³-hybridized carbons (Fsp3) is 0.522. The van der Waals surface area contributed by atoms with Gasteiger partial charge in [0.25, 0.3) is 0 Å². The number of amides is 2. The van der Waals surface area contributed by atoms with E-state index in [-0.39, 0.29) is 23.8 Å². The minimum Gasteiger partial charge on any atom is -0.348 e. The molecule has 1 fully saturated rings. The van der Waals surface area contributed by atoms with Crippen molar-refractivity contribution in [3.8, 4) is 11.3 Å². The topological polar surface area (TPSA) is 67.2 Å². The smallest absolute Gasteiger partial charge is 0.243 e. The van der Waals surface area contributed by atoms with E-state index in [9.17, 15) is 14.0 Å². The van der Waals surface area contributed by atoms with Gasteiger partial charge in [0, 0.05) is 31.6 Å². The van der Waals surface area contributed by atoms with Gasteiger partial charge < -0.3 is 10.2 Å². The van der Waals surface area contributed by atoms with Crippen LogP contribution in [0.25, 0.3) is 11.3 Å². The molecule has 2 atom stereocenters. The van der Waals surface area contributed by atoms with Gasteiger partial charge in [0.1, 0.15) is 6.04 Å². The van der Waals surface area contributed by atoms with Crippen LogP contribution in [0.15, 0.2) is 24.3 Å². The van der Waals surface area contributed by atoms with Gasteiger partial charge in [-0.15, -0.1) is 5.10 Å². The lowest BCUT2D eigenvalue weighted by molar-refractivity contribution is -0.139. The first-order chi connectivity index (χ1) is 14.2. The van der Waals surface area contributed by atoms with Crippen molar-refractivity contribution in [3.63, 3.8) is 0 Å². The Morgan fingerprint density at radius 3 is 2.60 bits per heavy atom. The Balaban J connectivity index is 1.71. The molecule has 0 bridgehead atoms. The summed E-state index contributed by atoms with van der Waals surface area (Å²) in [6.07, 6.45) is 2.02. The molecule has 3 rings (SSSR count). The monoisotopic (exact) mass is 414 g/mol. The predicted octanol–water partition coefficient (Wildman–Crippen LogP) is 3.75. The highest BCUT2D eigenvalue weighted by Crippen LogP contribution is 2.26. The van der Waals surface area contributed by atoms with E-state index in [0.29, 0.717) is 25.1 Å². The average molecular weight is 415 g/mol. The number of likely N-dealkylation sites (tertiary alicyclic amines) is 1.